The molecule has 0 saturated heterocycles. The lowest BCUT2D eigenvalue weighted by Gasteiger charge is -2.11. The van der Waals surface area contributed by atoms with E-state index in [1.165, 1.54) is 29.5 Å². The van der Waals surface area contributed by atoms with Gasteiger partial charge in [-0.15, -0.1) is 22.9 Å². The maximum atomic E-state index is 13.8. The van der Waals surface area contributed by atoms with Crippen LogP contribution in [0.15, 0.2) is 46.3 Å². The Kier molecular flexibility index (Phi) is 3.80. The second-order valence-corrected chi connectivity index (χ2v) is 6.48. The number of alkyl halides is 1. The van der Waals surface area contributed by atoms with Gasteiger partial charge >= 0.3 is 0 Å². The lowest BCUT2D eigenvalue weighted by Crippen LogP contribution is -2.00. The predicted molar refractivity (Wildman–Crippen MR) is 83.6 cm³/mol. The first-order valence-electron chi connectivity index (χ1n) is 5.83. The summed E-state index contributed by atoms with van der Waals surface area (Å²) in [6.07, 6.45) is 0. The van der Waals surface area contributed by atoms with Crippen molar-refractivity contribution in [3.8, 4) is 0 Å². The molecule has 1 aromatic heterocycles. The molecule has 0 aliphatic carbocycles. The van der Waals surface area contributed by atoms with Crippen molar-refractivity contribution in [2.75, 3.05) is 0 Å². The summed E-state index contributed by atoms with van der Waals surface area (Å²) in [6, 6.07) is 9.48. The van der Waals surface area contributed by atoms with Gasteiger partial charge in [-0.25, -0.2) is 8.78 Å². The number of benzene rings is 2. The molecule has 1 heterocycles. The number of hydrogen-bond acceptors (Lipinski definition) is 1. The van der Waals surface area contributed by atoms with E-state index in [0.717, 1.165) is 20.1 Å². The molecule has 5 heteroatoms. The highest BCUT2D eigenvalue weighted by Crippen LogP contribution is 2.41. The van der Waals surface area contributed by atoms with Gasteiger partial charge in [-0.2, -0.15) is 0 Å². The molecule has 0 amide bonds. The fourth-order valence-corrected chi connectivity index (χ4v) is 4.26. The molecule has 102 valence electrons. The number of thiophene rings is 1. The van der Waals surface area contributed by atoms with Crippen molar-refractivity contribution in [1.82, 2.24) is 0 Å². The average molecular weight is 374 g/mol. The van der Waals surface area contributed by atoms with Gasteiger partial charge in [0.25, 0.3) is 0 Å². The Labute approximate surface area is 132 Å². The summed E-state index contributed by atoms with van der Waals surface area (Å²) in [7, 11) is 0. The van der Waals surface area contributed by atoms with E-state index in [2.05, 4.69) is 15.9 Å². The standard InChI is InChI=1S/C15H8BrClF2S/c16-10-4-1-3-8-9(7-20-15(8)10)14(17)13-11(18)5-2-6-12(13)19/h1-7,14H. The molecule has 1 atom stereocenters. The van der Waals surface area contributed by atoms with E-state index in [-0.39, 0.29) is 5.56 Å². The van der Waals surface area contributed by atoms with Crippen LogP contribution in [0.4, 0.5) is 8.78 Å². The third-order valence-electron chi connectivity index (χ3n) is 3.11. The Hall–Kier alpha value is -0.970. The summed E-state index contributed by atoms with van der Waals surface area (Å²) in [5, 5.41) is 1.91. The largest absolute Gasteiger partial charge is 0.207 e. The van der Waals surface area contributed by atoms with Gasteiger partial charge in [-0.05, 0) is 50.5 Å². The number of halogens is 4. The first-order valence-corrected chi connectivity index (χ1v) is 7.94. The van der Waals surface area contributed by atoms with E-state index in [1.54, 1.807) is 0 Å². The molecule has 0 spiro atoms. The van der Waals surface area contributed by atoms with Crippen LogP contribution in [-0.2, 0) is 0 Å². The molecule has 0 bridgehead atoms. The zero-order valence-electron chi connectivity index (χ0n) is 10.0. The van der Waals surface area contributed by atoms with Crippen molar-refractivity contribution in [1.29, 1.82) is 0 Å². The van der Waals surface area contributed by atoms with Crippen molar-refractivity contribution < 1.29 is 8.78 Å². The quantitative estimate of drug-likeness (QED) is 0.464. The average Bonchev–Trinajstić information content (AvgIpc) is 2.83. The summed E-state index contributed by atoms with van der Waals surface area (Å²) in [5.74, 6) is -1.25. The number of rotatable bonds is 2. The van der Waals surface area contributed by atoms with Crippen molar-refractivity contribution in [3.63, 3.8) is 0 Å². The van der Waals surface area contributed by atoms with Gasteiger partial charge in [-0.3, -0.25) is 0 Å². The molecule has 0 radical (unpaired) electrons. The van der Waals surface area contributed by atoms with Gasteiger partial charge in [0.05, 0.1) is 5.38 Å². The molecule has 0 nitrogen and oxygen atoms in total. The first kappa shape index (κ1) is 14.0. The van der Waals surface area contributed by atoms with E-state index in [1.807, 2.05) is 23.6 Å². The Morgan fingerprint density at radius 1 is 1.05 bits per heavy atom. The van der Waals surface area contributed by atoms with Crippen molar-refractivity contribution in [3.05, 3.63) is 69.0 Å². The summed E-state index contributed by atoms with van der Waals surface area (Å²) >= 11 is 11.3. The second-order valence-electron chi connectivity index (χ2n) is 4.31. The Bertz CT molecular complexity index is 764. The molecular formula is C15H8BrClF2S. The maximum absolute atomic E-state index is 13.8. The second kappa shape index (κ2) is 5.43. The molecule has 2 aromatic carbocycles. The van der Waals surface area contributed by atoms with Crippen LogP contribution in [0.3, 0.4) is 0 Å². The van der Waals surface area contributed by atoms with E-state index < -0.39 is 17.0 Å². The van der Waals surface area contributed by atoms with Gasteiger partial charge in [0.15, 0.2) is 0 Å². The minimum atomic E-state index is -0.848. The van der Waals surface area contributed by atoms with Crippen LogP contribution in [0.1, 0.15) is 16.5 Å². The lowest BCUT2D eigenvalue weighted by atomic mass is 10.0. The molecule has 0 aliphatic rings. The summed E-state index contributed by atoms with van der Waals surface area (Å²) in [4.78, 5) is 0. The zero-order valence-corrected chi connectivity index (χ0v) is 13.2. The van der Waals surface area contributed by atoms with E-state index >= 15 is 0 Å². The van der Waals surface area contributed by atoms with Gasteiger partial charge < -0.3 is 0 Å². The highest BCUT2D eigenvalue weighted by molar-refractivity contribution is 9.10. The summed E-state index contributed by atoms with van der Waals surface area (Å²) in [6.45, 7) is 0. The highest BCUT2D eigenvalue weighted by atomic mass is 79.9. The van der Waals surface area contributed by atoms with E-state index in [0.29, 0.717) is 0 Å². The Balaban J connectivity index is 2.18. The molecule has 0 fully saturated rings. The monoisotopic (exact) mass is 372 g/mol. The first-order chi connectivity index (χ1) is 9.59. The lowest BCUT2D eigenvalue weighted by molar-refractivity contribution is 0.559. The van der Waals surface area contributed by atoms with E-state index in [9.17, 15) is 8.78 Å². The third kappa shape index (κ3) is 2.26. The molecule has 0 N–H and O–H groups in total. The third-order valence-corrected chi connectivity index (χ3v) is 5.53. The SMILES string of the molecule is Fc1cccc(F)c1C(Cl)c1csc2c(Br)cccc12. The van der Waals surface area contributed by atoms with Crippen LogP contribution in [-0.4, -0.2) is 0 Å². The van der Waals surface area contributed by atoms with Crippen LogP contribution in [0.2, 0.25) is 0 Å². The normalized spacial score (nSPS) is 12.8. The van der Waals surface area contributed by atoms with Gasteiger partial charge in [-0.1, -0.05) is 18.2 Å². The molecular weight excluding hydrogens is 366 g/mol. The van der Waals surface area contributed by atoms with Gasteiger partial charge in [0, 0.05) is 14.7 Å². The maximum Gasteiger partial charge on any atom is 0.131 e. The van der Waals surface area contributed by atoms with Crippen LogP contribution in [0, 0.1) is 11.6 Å². The van der Waals surface area contributed by atoms with Crippen molar-refractivity contribution in [2.24, 2.45) is 0 Å². The van der Waals surface area contributed by atoms with Gasteiger partial charge in [0.1, 0.15) is 11.6 Å². The molecule has 0 saturated carbocycles. The summed E-state index contributed by atoms with van der Waals surface area (Å²) in [5.41, 5.74) is 0.616. The number of hydrogen-bond donors (Lipinski definition) is 0. The van der Waals surface area contributed by atoms with Crippen LogP contribution >= 0.6 is 38.9 Å². The zero-order chi connectivity index (χ0) is 14.3. The predicted octanol–water partition coefficient (Wildman–Crippen LogP) is 6.27. The molecule has 0 aliphatic heterocycles. The minimum Gasteiger partial charge on any atom is -0.207 e. The molecule has 3 rings (SSSR count). The van der Waals surface area contributed by atoms with Gasteiger partial charge in [0.2, 0.25) is 0 Å². The Morgan fingerprint density at radius 3 is 2.40 bits per heavy atom. The fourth-order valence-electron chi connectivity index (χ4n) is 2.15. The topological polar surface area (TPSA) is 0 Å². The fraction of sp³-hybridized carbons (Fsp3) is 0.0667. The molecule has 1 unspecified atom stereocenters. The van der Waals surface area contributed by atoms with E-state index in [4.69, 9.17) is 11.6 Å². The van der Waals surface area contributed by atoms with Crippen molar-refractivity contribution in [2.45, 2.75) is 5.38 Å². The van der Waals surface area contributed by atoms with Crippen molar-refractivity contribution >= 4 is 49.0 Å². The summed E-state index contributed by atoms with van der Waals surface area (Å²) < 4.78 is 29.7. The molecule has 3 aromatic rings. The number of fused-ring (bicyclic) bond motifs is 1. The van der Waals surface area contributed by atoms with Crippen LogP contribution in [0.5, 0.6) is 0 Å². The Morgan fingerprint density at radius 2 is 1.70 bits per heavy atom. The molecule has 20 heavy (non-hydrogen) atoms. The van der Waals surface area contributed by atoms with Crippen LogP contribution in [0.25, 0.3) is 10.1 Å². The smallest absolute Gasteiger partial charge is 0.131 e. The minimum absolute atomic E-state index is 0.103. The highest BCUT2D eigenvalue weighted by Gasteiger charge is 2.22. The van der Waals surface area contributed by atoms with Crippen LogP contribution < -0.4 is 0 Å².